The van der Waals surface area contributed by atoms with Crippen molar-refractivity contribution in [3.05, 3.63) is 63.8 Å². The number of aromatic amines is 1. The molecule has 116 valence electrons. The zero-order valence-electron chi connectivity index (χ0n) is 12.2. The molecular formula is C16H13N3O4. The van der Waals surface area contributed by atoms with Gasteiger partial charge in [0.05, 0.1) is 4.92 Å². The van der Waals surface area contributed by atoms with E-state index in [1.54, 1.807) is 6.07 Å². The number of fused-ring (bicyclic) bond motifs is 1. The number of carbonyl (C=O) groups is 1. The van der Waals surface area contributed by atoms with Gasteiger partial charge in [0.15, 0.2) is 0 Å². The maximum Gasteiger partial charge on any atom is 0.352 e. The van der Waals surface area contributed by atoms with Crippen LogP contribution in [0.3, 0.4) is 0 Å². The minimum atomic E-state index is -1.17. The Morgan fingerprint density at radius 1 is 1.22 bits per heavy atom. The number of hydrogen-bond donors (Lipinski definition) is 3. The molecule has 3 rings (SSSR count). The molecule has 0 aliphatic rings. The number of nitro benzene ring substituents is 1. The summed E-state index contributed by atoms with van der Waals surface area (Å²) in [5.41, 5.74) is 2.44. The van der Waals surface area contributed by atoms with Crippen LogP contribution < -0.4 is 5.32 Å². The number of benzene rings is 2. The summed E-state index contributed by atoms with van der Waals surface area (Å²) >= 11 is 0. The number of H-pyrrole nitrogens is 1. The molecule has 0 aliphatic heterocycles. The smallest absolute Gasteiger partial charge is 0.352 e. The van der Waals surface area contributed by atoms with Gasteiger partial charge in [0.1, 0.15) is 11.2 Å². The van der Waals surface area contributed by atoms with E-state index in [9.17, 15) is 14.9 Å². The van der Waals surface area contributed by atoms with Gasteiger partial charge in [-0.25, -0.2) is 4.79 Å². The molecule has 0 aliphatic carbocycles. The minimum Gasteiger partial charge on any atom is -0.477 e. The number of rotatable bonds is 4. The first-order valence-corrected chi connectivity index (χ1v) is 6.83. The fraction of sp³-hybridized carbons (Fsp3) is 0.0625. The van der Waals surface area contributed by atoms with Crippen LogP contribution in [-0.2, 0) is 0 Å². The van der Waals surface area contributed by atoms with E-state index in [2.05, 4.69) is 10.3 Å². The first kappa shape index (κ1) is 14.6. The van der Waals surface area contributed by atoms with E-state index >= 15 is 0 Å². The van der Waals surface area contributed by atoms with Gasteiger partial charge in [0.2, 0.25) is 0 Å². The van der Waals surface area contributed by atoms with Gasteiger partial charge in [-0.05, 0) is 31.2 Å². The van der Waals surface area contributed by atoms with E-state index in [1.165, 1.54) is 12.1 Å². The van der Waals surface area contributed by atoms with Crippen LogP contribution in [0.5, 0.6) is 0 Å². The molecule has 0 saturated heterocycles. The zero-order valence-corrected chi connectivity index (χ0v) is 12.2. The highest BCUT2D eigenvalue weighted by Gasteiger charge is 2.19. The summed E-state index contributed by atoms with van der Waals surface area (Å²) < 4.78 is 0. The maximum absolute atomic E-state index is 11.1. The second-order valence-electron chi connectivity index (χ2n) is 5.16. The summed E-state index contributed by atoms with van der Waals surface area (Å²) in [6, 6.07) is 11.9. The van der Waals surface area contributed by atoms with E-state index in [0.29, 0.717) is 11.1 Å². The van der Waals surface area contributed by atoms with E-state index in [1.807, 2.05) is 31.2 Å². The normalized spacial score (nSPS) is 10.7. The summed E-state index contributed by atoms with van der Waals surface area (Å²) in [5.74, 6) is -1.17. The van der Waals surface area contributed by atoms with Crippen LogP contribution in [0, 0.1) is 17.0 Å². The van der Waals surface area contributed by atoms with Crippen molar-refractivity contribution in [2.45, 2.75) is 6.92 Å². The van der Waals surface area contributed by atoms with Crippen molar-refractivity contribution in [1.29, 1.82) is 0 Å². The lowest BCUT2D eigenvalue weighted by molar-refractivity contribution is -0.383. The van der Waals surface area contributed by atoms with Crippen LogP contribution in [0.2, 0.25) is 0 Å². The van der Waals surface area contributed by atoms with Crippen molar-refractivity contribution in [2.24, 2.45) is 0 Å². The molecule has 23 heavy (non-hydrogen) atoms. The van der Waals surface area contributed by atoms with Crippen LogP contribution in [0.25, 0.3) is 10.9 Å². The number of aromatic carboxylic acids is 1. The Balaban J connectivity index is 2.13. The Labute approximate surface area is 130 Å². The van der Waals surface area contributed by atoms with E-state index in [4.69, 9.17) is 5.11 Å². The number of nitro groups is 1. The third kappa shape index (κ3) is 2.71. The Kier molecular flexibility index (Phi) is 3.46. The third-order valence-corrected chi connectivity index (χ3v) is 3.53. The molecule has 0 unspecified atom stereocenters. The number of nitrogens with zero attached hydrogens (tertiary/aromatic N) is 1. The molecule has 2 aromatic carbocycles. The lowest BCUT2D eigenvalue weighted by Crippen LogP contribution is -1.95. The first-order chi connectivity index (χ1) is 11.0. The molecule has 1 heterocycles. The lowest BCUT2D eigenvalue weighted by atomic mass is 10.1. The number of aromatic nitrogens is 1. The van der Waals surface area contributed by atoms with Gasteiger partial charge in [-0.1, -0.05) is 17.7 Å². The predicted molar refractivity (Wildman–Crippen MR) is 86.4 cm³/mol. The molecule has 0 spiro atoms. The zero-order chi connectivity index (χ0) is 16.6. The van der Waals surface area contributed by atoms with Gasteiger partial charge >= 0.3 is 5.97 Å². The molecule has 1 aromatic heterocycles. The number of anilines is 2. The molecule has 0 bridgehead atoms. The number of carboxylic acid groups (broad SMARTS) is 1. The van der Waals surface area contributed by atoms with E-state index in [0.717, 1.165) is 11.3 Å². The number of hydrogen-bond acceptors (Lipinski definition) is 4. The number of nitrogens with one attached hydrogen (secondary N) is 2. The molecule has 0 atom stereocenters. The van der Waals surface area contributed by atoms with Crippen LogP contribution in [-0.4, -0.2) is 21.0 Å². The van der Waals surface area contributed by atoms with Crippen molar-refractivity contribution in [1.82, 2.24) is 4.98 Å². The van der Waals surface area contributed by atoms with Crippen molar-refractivity contribution < 1.29 is 14.8 Å². The number of non-ortho nitro benzene ring substituents is 1. The van der Waals surface area contributed by atoms with E-state index in [-0.39, 0.29) is 16.9 Å². The van der Waals surface area contributed by atoms with Gasteiger partial charge < -0.3 is 15.4 Å². The largest absolute Gasteiger partial charge is 0.477 e. The summed E-state index contributed by atoms with van der Waals surface area (Å²) in [6.07, 6.45) is 0. The van der Waals surface area contributed by atoms with Crippen molar-refractivity contribution >= 4 is 33.9 Å². The standard InChI is InChI=1S/C16H13N3O4/c1-9-2-4-10(5-3-9)17-12-6-7-14(19(22)23)15-11(12)8-13(18-15)16(20)21/h2-8,17-18H,1H3,(H,20,21). The van der Waals surface area contributed by atoms with Crippen LogP contribution >= 0.6 is 0 Å². The second kappa shape index (κ2) is 5.45. The van der Waals surface area contributed by atoms with Crippen LogP contribution in [0.1, 0.15) is 16.1 Å². The lowest BCUT2D eigenvalue weighted by Gasteiger charge is -2.08. The molecular weight excluding hydrogens is 298 g/mol. The molecule has 3 aromatic rings. The maximum atomic E-state index is 11.1. The molecule has 0 fully saturated rings. The average Bonchev–Trinajstić information content (AvgIpc) is 2.95. The van der Waals surface area contributed by atoms with Crippen LogP contribution in [0.4, 0.5) is 17.1 Å². The predicted octanol–water partition coefficient (Wildman–Crippen LogP) is 3.83. The Bertz CT molecular complexity index is 913. The highest BCUT2D eigenvalue weighted by Crippen LogP contribution is 2.33. The molecule has 7 nitrogen and oxygen atoms in total. The van der Waals surface area contributed by atoms with Gasteiger partial charge in [-0.2, -0.15) is 0 Å². The summed E-state index contributed by atoms with van der Waals surface area (Å²) in [5, 5.41) is 23.8. The summed E-state index contributed by atoms with van der Waals surface area (Å²) in [6.45, 7) is 1.97. The SMILES string of the molecule is Cc1ccc(Nc2ccc([N+](=O)[O-])c3[nH]c(C(=O)O)cc23)cc1. The third-order valence-electron chi connectivity index (χ3n) is 3.53. The average molecular weight is 311 g/mol. The molecule has 0 amide bonds. The van der Waals surface area contributed by atoms with E-state index < -0.39 is 10.9 Å². The monoisotopic (exact) mass is 311 g/mol. The highest BCUT2D eigenvalue weighted by atomic mass is 16.6. The topological polar surface area (TPSA) is 108 Å². The van der Waals surface area contributed by atoms with Gasteiger partial charge in [0.25, 0.3) is 5.69 Å². The second-order valence-corrected chi connectivity index (χ2v) is 5.16. The fourth-order valence-electron chi connectivity index (χ4n) is 2.37. The molecule has 3 N–H and O–H groups in total. The Hall–Kier alpha value is -3.35. The molecule has 7 heteroatoms. The number of carboxylic acids is 1. The van der Waals surface area contributed by atoms with Gasteiger partial charge in [-0.3, -0.25) is 10.1 Å². The summed E-state index contributed by atoms with van der Waals surface area (Å²) in [4.78, 5) is 24.3. The van der Waals surface area contributed by atoms with Gasteiger partial charge in [0, 0.05) is 22.8 Å². The Morgan fingerprint density at radius 3 is 2.52 bits per heavy atom. The number of aryl methyl sites for hydroxylation is 1. The fourth-order valence-corrected chi connectivity index (χ4v) is 2.37. The molecule has 0 radical (unpaired) electrons. The summed E-state index contributed by atoms with van der Waals surface area (Å²) in [7, 11) is 0. The van der Waals surface area contributed by atoms with Crippen molar-refractivity contribution in [3.8, 4) is 0 Å². The van der Waals surface area contributed by atoms with Gasteiger partial charge in [-0.15, -0.1) is 0 Å². The Morgan fingerprint density at radius 2 is 1.91 bits per heavy atom. The quantitative estimate of drug-likeness (QED) is 0.501. The van der Waals surface area contributed by atoms with Crippen molar-refractivity contribution in [3.63, 3.8) is 0 Å². The molecule has 0 saturated carbocycles. The minimum absolute atomic E-state index is 0.0961. The van der Waals surface area contributed by atoms with Crippen molar-refractivity contribution in [2.75, 3.05) is 5.32 Å². The first-order valence-electron chi connectivity index (χ1n) is 6.83. The highest BCUT2D eigenvalue weighted by molar-refractivity contribution is 6.03. The van der Waals surface area contributed by atoms with Crippen LogP contribution in [0.15, 0.2) is 42.5 Å².